The van der Waals surface area contributed by atoms with Gasteiger partial charge in [0, 0.05) is 11.8 Å². The van der Waals surface area contributed by atoms with Crippen molar-refractivity contribution in [3.05, 3.63) is 71.3 Å². The Bertz CT molecular complexity index is 860. The molecule has 146 valence electrons. The van der Waals surface area contributed by atoms with Crippen LogP contribution in [0, 0.1) is 23.8 Å². The van der Waals surface area contributed by atoms with E-state index >= 15 is 0 Å². The second-order valence-corrected chi connectivity index (χ2v) is 7.94. The molecule has 0 aromatic heterocycles. The summed E-state index contributed by atoms with van der Waals surface area (Å²) in [4.78, 5) is 16.5. The summed E-state index contributed by atoms with van der Waals surface area (Å²) in [7, 11) is 0. The second kappa shape index (κ2) is 9.70. The largest absolute Gasteiger partial charge is 0.352 e. The van der Waals surface area contributed by atoms with Crippen LogP contribution in [0.15, 0.2) is 59.6 Å². The molecule has 0 saturated heterocycles. The molecule has 2 N–H and O–H groups in total. The van der Waals surface area contributed by atoms with Crippen LogP contribution in [-0.2, 0) is 17.6 Å². The molecule has 0 aliphatic carbocycles. The first-order valence-electron chi connectivity index (χ1n) is 9.39. The third-order valence-electron chi connectivity index (χ3n) is 4.49. The molecule has 1 amide bonds. The van der Waals surface area contributed by atoms with Gasteiger partial charge in [-0.1, -0.05) is 75.4 Å². The number of aryl methyl sites for hydroxylation is 1. The van der Waals surface area contributed by atoms with E-state index in [2.05, 4.69) is 15.6 Å². The molecule has 0 heterocycles. The van der Waals surface area contributed by atoms with Crippen molar-refractivity contribution in [2.24, 2.45) is 10.4 Å². The summed E-state index contributed by atoms with van der Waals surface area (Å²) in [6, 6.07) is 17.6. The van der Waals surface area contributed by atoms with Crippen LogP contribution in [-0.4, -0.2) is 17.9 Å². The van der Waals surface area contributed by atoms with E-state index in [4.69, 9.17) is 5.26 Å². The maximum atomic E-state index is 12.6. The highest BCUT2D eigenvalue weighted by atomic mass is 16.1. The number of hydrogen-bond donors (Lipinski definition) is 2. The van der Waals surface area contributed by atoms with Crippen LogP contribution < -0.4 is 10.6 Å². The van der Waals surface area contributed by atoms with Gasteiger partial charge in [0.05, 0.1) is 6.42 Å². The van der Waals surface area contributed by atoms with Crippen LogP contribution in [0.25, 0.3) is 0 Å². The van der Waals surface area contributed by atoms with Gasteiger partial charge in [-0.05, 0) is 23.6 Å². The number of carbonyl (C=O) groups is 1. The lowest BCUT2D eigenvalue weighted by molar-refractivity contribution is -0.122. The molecular weight excluding hydrogens is 348 g/mol. The SMILES string of the molecule is Cc1ccccc1C/C(=N\C#N)NC(NC(=O)Cc1ccccc1)C(C)(C)C. The van der Waals surface area contributed by atoms with Gasteiger partial charge in [-0.15, -0.1) is 0 Å². The Labute approximate surface area is 167 Å². The van der Waals surface area contributed by atoms with E-state index < -0.39 is 0 Å². The molecule has 28 heavy (non-hydrogen) atoms. The molecule has 0 saturated carbocycles. The summed E-state index contributed by atoms with van der Waals surface area (Å²) < 4.78 is 0. The van der Waals surface area contributed by atoms with Gasteiger partial charge < -0.3 is 10.6 Å². The van der Waals surface area contributed by atoms with Crippen molar-refractivity contribution in [1.29, 1.82) is 5.26 Å². The highest BCUT2D eigenvalue weighted by Crippen LogP contribution is 2.18. The molecule has 5 nitrogen and oxygen atoms in total. The lowest BCUT2D eigenvalue weighted by Crippen LogP contribution is -2.55. The number of benzene rings is 2. The van der Waals surface area contributed by atoms with E-state index in [-0.39, 0.29) is 17.5 Å². The summed E-state index contributed by atoms with van der Waals surface area (Å²) in [6.07, 6.45) is 2.31. The molecular formula is C23H28N4O. The predicted molar refractivity (Wildman–Crippen MR) is 113 cm³/mol. The maximum absolute atomic E-state index is 12.6. The van der Waals surface area contributed by atoms with Crippen LogP contribution in [0.5, 0.6) is 0 Å². The molecule has 2 aromatic rings. The standard InChI is InChI=1S/C23H28N4O/c1-17-10-8-9-13-19(17)15-20(25-16-24)26-22(23(2,3)4)27-21(28)14-18-11-6-5-7-12-18/h5-13,22H,14-15H2,1-4H3,(H,25,26)(H,27,28). The van der Waals surface area contributed by atoms with Gasteiger partial charge in [0.1, 0.15) is 12.0 Å². The van der Waals surface area contributed by atoms with Crippen molar-refractivity contribution in [2.45, 2.75) is 46.7 Å². The minimum Gasteiger partial charge on any atom is -0.352 e. The number of nitrogens with one attached hydrogen (secondary N) is 2. The van der Waals surface area contributed by atoms with Gasteiger partial charge in [-0.2, -0.15) is 10.3 Å². The molecule has 0 aliphatic heterocycles. The van der Waals surface area contributed by atoms with Crippen molar-refractivity contribution < 1.29 is 4.79 Å². The molecule has 0 fully saturated rings. The summed E-state index contributed by atoms with van der Waals surface area (Å²) in [5, 5.41) is 15.4. The maximum Gasteiger partial charge on any atom is 0.226 e. The number of carbonyl (C=O) groups excluding carboxylic acids is 1. The Morgan fingerprint density at radius 3 is 2.29 bits per heavy atom. The monoisotopic (exact) mass is 376 g/mol. The molecule has 1 unspecified atom stereocenters. The second-order valence-electron chi connectivity index (χ2n) is 7.94. The first-order valence-corrected chi connectivity index (χ1v) is 9.39. The smallest absolute Gasteiger partial charge is 0.226 e. The number of amidine groups is 1. The van der Waals surface area contributed by atoms with E-state index in [0.717, 1.165) is 16.7 Å². The number of nitrogens with zero attached hydrogens (tertiary/aromatic N) is 2. The number of rotatable bonds is 6. The highest BCUT2D eigenvalue weighted by molar-refractivity contribution is 5.86. The zero-order valence-electron chi connectivity index (χ0n) is 17.0. The molecule has 0 radical (unpaired) electrons. The van der Waals surface area contributed by atoms with Crippen LogP contribution in [0.1, 0.15) is 37.5 Å². The molecule has 0 aliphatic rings. The number of hydrogen-bond acceptors (Lipinski definition) is 3. The summed E-state index contributed by atoms with van der Waals surface area (Å²) in [5.41, 5.74) is 2.91. The van der Waals surface area contributed by atoms with Gasteiger partial charge in [0.15, 0.2) is 0 Å². The lowest BCUT2D eigenvalue weighted by atomic mass is 9.91. The molecule has 0 bridgehead atoms. The topological polar surface area (TPSA) is 77.3 Å². The Kier molecular flexibility index (Phi) is 7.34. The molecule has 2 aromatic carbocycles. The zero-order valence-corrected chi connectivity index (χ0v) is 17.0. The van der Waals surface area contributed by atoms with Crippen molar-refractivity contribution in [2.75, 3.05) is 0 Å². The third-order valence-corrected chi connectivity index (χ3v) is 4.49. The van der Waals surface area contributed by atoms with Gasteiger partial charge in [0.25, 0.3) is 0 Å². The Morgan fingerprint density at radius 2 is 1.68 bits per heavy atom. The van der Waals surface area contributed by atoms with Gasteiger partial charge in [-0.25, -0.2) is 0 Å². The Morgan fingerprint density at radius 1 is 1.04 bits per heavy atom. The van der Waals surface area contributed by atoms with E-state index in [1.54, 1.807) is 0 Å². The van der Waals surface area contributed by atoms with Gasteiger partial charge in [-0.3, -0.25) is 4.79 Å². The summed E-state index contributed by atoms with van der Waals surface area (Å²) >= 11 is 0. The summed E-state index contributed by atoms with van der Waals surface area (Å²) in [5.74, 6) is 0.461. The van der Waals surface area contributed by atoms with Crippen LogP contribution in [0.3, 0.4) is 0 Å². The quantitative estimate of drug-likeness (QED) is 0.349. The minimum absolute atomic E-state index is 0.0779. The normalized spacial score (nSPS) is 12.8. The minimum atomic E-state index is -0.361. The summed E-state index contributed by atoms with van der Waals surface area (Å²) in [6.45, 7) is 8.13. The van der Waals surface area contributed by atoms with Crippen molar-refractivity contribution in [3.63, 3.8) is 0 Å². The highest BCUT2D eigenvalue weighted by Gasteiger charge is 2.27. The third kappa shape index (κ3) is 6.55. The number of aliphatic imine (C=N–C) groups is 1. The Hall–Kier alpha value is -3.13. The fraction of sp³-hybridized carbons (Fsp3) is 0.348. The molecule has 1 atom stereocenters. The first-order chi connectivity index (χ1) is 13.3. The zero-order chi connectivity index (χ0) is 20.6. The van der Waals surface area contributed by atoms with Crippen molar-refractivity contribution >= 4 is 11.7 Å². The predicted octanol–water partition coefficient (Wildman–Crippen LogP) is 3.74. The molecule has 2 rings (SSSR count). The van der Waals surface area contributed by atoms with Crippen LogP contribution in [0.4, 0.5) is 0 Å². The van der Waals surface area contributed by atoms with E-state index in [9.17, 15) is 4.79 Å². The van der Waals surface area contributed by atoms with Crippen molar-refractivity contribution in [1.82, 2.24) is 10.6 Å². The average molecular weight is 377 g/mol. The van der Waals surface area contributed by atoms with E-state index in [1.807, 2.05) is 88.5 Å². The Balaban J connectivity index is 2.13. The van der Waals surface area contributed by atoms with Gasteiger partial charge in [0.2, 0.25) is 12.1 Å². The molecule has 0 spiro atoms. The average Bonchev–Trinajstić information content (AvgIpc) is 2.63. The molecule has 5 heteroatoms. The van der Waals surface area contributed by atoms with Crippen LogP contribution >= 0.6 is 0 Å². The van der Waals surface area contributed by atoms with Crippen molar-refractivity contribution in [3.8, 4) is 6.19 Å². The first kappa shape index (κ1) is 21.2. The fourth-order valence-electron chi connectivity index (χ4n) is 2.80. The van der Waals surface area contributed by atoms with Crippen LogP contribution in [0.2, 0.25) is 0 Å². The van der Waals surface area contributed by atoms with E-state index in [0.29, 0.717) is 18.7 Å². The number of amides is 1. The lowest BCUT2D eigenvalue weighted by Gasteiger charge is -2.33. The van der Waals surface area contributed by atoms with E-state index in [1.165, 1.54) is 0 Å². The number of nitriles is 1. The van der Waals surface area contributed by atoms with Gasteiger partial charge >= 0.3 is 0 Å². The fourth-order valence-corrected chi connectivity index (χ4v) is 2.80.